The average molecular weight is 668 g/mol. The van der Waals surface area contributed by atoms with Crippen molar-refractivity contribution in [2.45, 2.75) is 83.8 Å². The van der Waals surface area contributed by atoms with Crippen LogP contribution in [0.2, 0.25) is 0 Å². The summed E-state index contributed by atoms with van der Waals surface area (Å²) in [6.45, 7) is 6.24. The van der Waals surface area contributed by atoms with Gasteiger partial charge in [-0.2, -0.15) is 0 Å². The number of nitrogens with one attached hydrogen (secondary N) is 4. The number of carbonyl (C=O) groups excluding carboxylic acids is 4. The smallest absolute Gasteiger partial charge is 0.408 e. The van der Waals surface area contributed by atoms with Gasteiger partial charge in [0.1, 0.15) is 24.3 Å². The Bertz CT molecular complexity index is 1730. The molecule has 0 aliphatic carbocycles. The molecule has 0 bridgehead atoms. The first-order chi connectivity index (χ1) is 23.6. The van der Waals surface area contributed by atoms with E-state index in [1.165, 1.54) is 0 Å². The number of para-hydroxylation sites is 1. The molecule has 0 radical (unpaired) electrons. The van der Waals surface area contributed by atoms with E-state index in [-0.39, 0.29) is 31.4 Å². The molecule has 11 heteroatoms. The van der Waals surface area contributed by atoms with E-state index in [9.17, 15) is 19.2 Å². The van der Waals surface area contributed by atoms with Crippen molar-refractivity contribution < 1.29 is 28.7 Å². The molecule has 0 saturated heterocycles. The number of hydrogen-bond donors (Lipinski definition) is 4. The van der Waals surface area contributed by atoms with Gasteiger partial charge in [-0.3, -0.25) is 9.59 Å². The second kappa shape index (κ2) is 16.2. The number of aromatic nitrogens is 1. The molecule has 0 saturated carbocycles. The number of nitrogens with zero attached hydrogens (tertiary/aromatic N) is 1. The Morgan fingerprint density at radius 1 is 0.878 bits per heavy atom. The maximum absolute atomic E-state index is 14.3. The van der Waals surface area contributed by atoms with Gasteiger partial charge in [0.25, 0.3) is 0 Å². The Morgan fingerprint density at radius 3 is 2.27 bits per heavy atom. The van der Waals surface area contributed by atoms with Crippen molar-refractivity contribution in [3.05, 3.63) is 107 Å². The Kier molecular flexibility index (Phi) is 11.6. The van der Waals surface area contributed by atoms with Gasteiger partial charge in [0.15, 0.2) is 0 Å². The van der Waals surface area contributed by atoms with E-state index in [1.807, 2.05) is 84.9 Å². The number of ether oxygens (including phenoxy) is 2. The van der Waals surface area contributed by atoms with Crippen LogP contribution < -0.4 is 16.0 Å². The highest BCUT2D eigenvalue weighted by atomic mass is 16.6. The first kappa shape index (κ1) is 35.0. The number of amides is 4. The molecule has 0 unspecified atom stereocenters. The van der Waals surface area contributed by atoms with E-state index >= 15 is 0 Å². The van der Waals surface area contributed by atoms with Crippen LogP contribution in [0.15, 0.2) is 84.9 Å². The van der Waals surface area contributed by atoms with Gasteiger partial charge < -0.3 is 35.3 Å². The standard InChI is InChI=1S/C38H45N5O6/c1-38(2,3)49-37(47)42-31-22-29-28-18-10-11-19-30(28)41-32(29)24-43(35(31)45)33(34(44)40-23-26-14-6-4-7-15-26)20-12-13-21-39-36(46)48-25-27-16-8-5-9-17-27/h4-11,14-19,31,33,41H,12-13,20-25H2,1-3H3,(H,39,46)(H,40,44)(H,42,47)/t31-,33+/m1/s1. The minimum atomic E-state index is -0.958. The topological polar surface area (TPSA) is 142 Å². The highest BCUT2D eigenvalue weighted by Crippen LogP contribution is 2.30. The number of rotatable bonds is 12. The van der Waals surface area contributed by atoms with Gasteiger partial charge in [-0.25, -0.2) is 9.59 Å². The molecule has 11 nitrogen and oxygen atoms in total. The van der Waals surface area contributed by atoms with E-state index in [0.29, 0.717) is 32.4 Å². The van der Waals surface area contributed by atoms with Gasteiger partial charge in [-0.1, -0.05) is 78.9 Å². The van der Waals surface area contributed by atoms with Crippen molar-refractivity contribution in [2.75, 3.05) is 6.54 Å². The van der Waals surface area contributed by atoms with Crippen LogP contribution in [0.25, 0.3) is 10.9 Å². The Balaban J connectivity index is 1.33. The van der Waals surface area contributed by atoms with E-state index in [4.69, 9.17) is 9.47 Å². The van der Waals surface area contributed by atoms with Crippen molar-refractivity contribution in [1.82, 2.24) is 25.8 Å². The van der Waals surface area contributed by atoms with Crippen molar-refractivity contribution in [2.24, 2.45) is 0 Å². The second-order valence-corrected chi connectivity index (χ2v) is 13.2. The summed E-state index contributed by atoms with van der Waals surface area (Å²) in [5, 5.41) is 9.54. The van der Waals surface area contributed by atoms with Crippen LogP contribution in [0.4, 0.5) is 9.59 Å². The second-order valence-electron chi connectivity index (χ2n) is 13.2. The summed E-state index contributed by atoms with van der Waals surface area (Å²) >= 11 is 0. The molecule has 2 heterocycles. The normalized spacial score (nSPS) is 15.1. The molecule has 4 N–H and O–H groups in total. The van der Waals surface area contributed by atoms with Crippen LogP contribution in [0, 0.1) is 0 Å². The van der Waals surface area contributed by atoms with Crippen molar-refractivity contribution >= 4 is 34.9 Å². The van der Waals surface area contributed by atoms with Gasteiger partial charge in [0, 0.05) is 36.1 Å². The fraction of sp³-hybridized carbons (Fsp3) is 0.368. The predicted molar refractivity (Wildman–Crippen MR) is 186 cm³/mol. The van der Waals surface area contributed by atoms with Gasteiger partial charge in [0.2, 0.25) is 11.8 Å². The molecule has 1 aromatic heterocycles. The Hall–Kier alpha value is -5.32. The van der Waals surface area contributed by atoms with Crippen LogP contribution >= 0.6 is 0 Å². The lowest BCUT2D eigenvalue weighted by Crippen LogP contribution is -2.55. The Labute approximate surface area is 286 Å². The zero-order chi connectivity index (χ0) is 34.8. The van der Waals surface area contributed by atoms with Crippen molar-refractivity contribution in [3.8, 4) is 0 Å². The zero-order valence-electron chi connectivity index (χ0n) is 28.3. The quantitative estimate of drug-likeness (QED) is 0.142. The summed E-state index contributed by atoms with van der Waals surface area (Å²) < 4.78 is 10.8. The van der Waals surface area contributed by atoms with Crippen LogP contribution in [0.5, 0.6) is 0 Å². The van der Waals surface area contributed by atoms with Crippen LogP contribution in [0.3, 0.4) is 0 Å². The third-order valence-corrected chi connectivity index (χ3v) is 8.29. The van der Waals surface area contributed by atoms with E-state index in [1.54, 1.807) is 25.7 Å². The van der Waals surface area contributed by atoms with Gasteiger partial charge in [-0.05, 0) is 62.8 Å². The molecule has 0 fully saturated rings. The monoisotopic (exact) mass is 667 g/mol. The number of unbranched alkanes of at least 4 members (excludes halogenated alkanes) is 1. The molecule has 2 atom stereocenters. The fourth-order valence-electron chi connectivity index (χ4n) is 5.95. The maximum Gasteiger partial charge on any atom is 0.408 e. The maximum atomic E-state index is 14.3. The SMILES string of the molecule is CC(C)(C)OC(=O)N[C@@H]1Cc2c([nH]c3ccccc23)CN([C@@H](CCCCNC(=O)OCc2ccccc2)C(=O)NCc2ccccc2)C1=O. The highest BCUT2D eigenvalue weighted by Gasteiger charge is 2.39. The van der Waals surface area contributed by atoms with E-state index < -0.39 is 29.9 Å². The third-order valence-electron chi connectivity index (χ3n) is 8.29. The summed E-state index contributed by atoms with van der Waals surface area (Å²) in [5.41, 5.74) is 3.69. The molecular formula is C38H45N5O6. The average Bonchev–Trinajstić information content (AvgIpc) is 3.36. The number of fused-ring (bicyclic) bond motifs is 3. The number of alkyl carbamates (subject to hydrolysis) is 2. The van der Waals surface area contributed by atoms with Gasteiger partial charge >= 0.3 is 12.2 Å². The highest BCUT2D eigenvalue weighted by molar-refractivity contribution is 5.94. The third kappa shape index (κ3) is 9.85. The fourth-order valence-corrected chi connectivity index (χ4v) is 5.95. The minimum absolute atomic E-state index is 0.156. The lowest BCUT2D eigenvalue weighted by atomic mass is 10.0. The largest absolute Gasteiger partial charge is 0.445 e. The van der Waals surface area contributed by atoms with Crippen LogP contribution in [-0.2, 0) is 45.2 Å². The number of carbonyl (C=O) groups is 4. The number of hydrogen-bond acceptors (Lipinski definition) is 6. The zero-order valence-corrected chi connectivity index (χ0v) is 28.3. The molecule has 1 aliphatic rings. The number of benzene rings is 3. The van der Waals surface area contributed by atoms with Gasteiger partial charge in [-0.15, -0.1) is 0 Å². The molecular weight excluding hydrogens is 622 g/mol. The first-order valence-corrected chi connectivity index (χ1v) is 16.7. The molecule has 49 heavy (non-hydrogen) atoms. The molecule has 5 rings (SSSR count). The lowest BCUT2D eigenvalue weighted by Gasteiger charge is -2.32. The molecule has 4 aromatic rings. The van der Waals surface area contributed by atoms with Crippen LogP contribution in [-0.4, -0.2) is 58.1 Å². The van der Waals surface area contributed by atoms with Crippen LogP contribution in [0.1, 0.15) is 62.4 Å². The summed E-state index contributed by atoms with van der Waals surface area (Å²) in [6, 6.07) is 25.0. The van der Waals surface area contributed by atoms with Crippen molar-refractivity contribution in [3.63, 3.8) is 0 Å². The summed E-state index contributed by atoms with van der Waals surface area (Å²) in [6.07, 6.45) is 0.441. The number of H-pyrrole nitrogens is 1. The molecule has 3 aromatic carbocycles. The number of aromatic amines is 1. The van der Waals surface area contributed by atoms with Crippen molar-refractivity contribution in [1.29, 1.82) is 0 Å². The summed E-state index contributed by atoms with van der Waals surface area (Å²) in [5.74, 6) is -0.676. The summed E-state index contributed by atoms with van der Waals surface area (Å²) in [4.78, 5) is 58.5. The predicted octanol–water partition coefficient (Wildman–Crippen LogP) is 5.73. The first-order valence-electron chi connectivity index (χ1n) is 16.7. The molecule has 1 aliphatic heterocycles. The molecule has 4 amide bonds. The van der Waals surface area contributed by atoms with E-state index in [0.717, 1.165) is 33.3 Å². The van der Waals surface area contributed by atoms with Gasteiger partial charge in [0.05, 0.1) is 6.54 Å². The lowest BCUT2D eigenvalue weighted by molar-refractivity contribution is -0.143. The molecule has 0 spiro atoms. The Morgan fingerprint density at radius 2 is 1.55 bits per heavy atom. The minimum Gasteiger partial charge on any atom is -0.445 e. The molecule has 258 valence electrons. The van der Waals surface area contributed by atoms with E-state index in [2.05, 4.69) is 20.9 Å². The summed E-state index contributed by atoms with van der Waals surface area (Å²) in [7, 11) is 0.